The standard InChI is InChI=1S/C19H18N2O2S/c1-24(23)13-18(14-7-3-2-4-8-14)21-19(22)16-9-5-11-17-15(16)10-6-12-20-17/h2-12,18H,13H2,1H3,(H,21,22)/t18-,24-/m0/s1. The van der Waals surface area contributed by atoms with Crippen LogP contribution in [0.25, 0.3) is 10.9 Å². The molecule has 122 valence electrons. The average Bonchev–Trinajstić information content (AvgIpc) is 2.61. The highest BCUT2D eigenvalue weighted by atomic mass is 32.2. The summed E-state index contributed by atoms with van der Waals surface area (Å²) >= 11 is 0. The number of nitrogens with one attached hydrogen (secondary N) is 1. The van der Waals surface area contributed by atoms with Crippen LogP contribution in [0, 0.1) is 0 Å². The predicted octanol–water partition coefficient (Wildman–Crippen LogP) is 3.08. The molecule has 0 bridgehead atoms. The fraction of sp³-hybridized carbons (Fsp3) is 0.158. The van der Waals surface area contributed by atoms with Crippen LogP contribution in [0.15, 0.2) is 66.9 Å². The van der Waals surface area contributed by atoms with Gasteiger partial charge in [0.25, 0.3) is 5.91 Å². The average molecular weight is 338 g/mol. The van der Waals surface area contributed by atoms with Crippen molar-refractivity contribution >= 4 is 27.6 Å². The predicted molar refractivity (Wildman–Crippen MR) is 97.3 cm³/mol. The van der Waals surface area contributed by atoms with Gasteiger partial charge in [0.2, 0.25) is 0 Å². The van der Waals surface area contributed by atoms with Crippen LogP contribution < -0.4 is 5.32 Å². The first-order valence-corrected chi connectivity index (χ1v) is 9.37. The Bertz CT molecular complexity index is 875. The molecule has 3 rings (SSSR count). The zero-order valence-corrected chi connectivity index (χ0v) is 14.1. The molecular weight excluding hydrogens is 320 g/mol. The van der Waals surface area contributed by atoms with Crippen LogP contribution in [0.1, 0.15) is 22.0 Å². The Hall–Kier alpha value is -2.53. The number of hydrogen-bond donors (Lipinski definition) is 1. The fourth-order valence-electron chi connectivity index (χ4n) is 2.68. The van der Waals surface area contributed by atoms with Crippen molar-refractivity contribution in [2.75, 3.05) is 12.0 Å². The highest BCUT2D eigenvalue weighted by molar-refractivity contribution is 7.84. The number of rotatable bonds is 5. The minimum Gasteiger partial charge on any atom is -0.344 e. The lowest BCUT2D eigenvalue weighted by molar-refractivity contribution is 0.0942. The van der Waals surface area contributed by atoms with E-state index in [1.165, 1.54) is 0 Å². The van der Waals surface area contributed by atoms with Gasteiger partial charge in [-0.05, 0) is 23.8 Å². The van der Waals surface area contributed by atoms with Crippen molar-refractivity contribution in [2.45, 2.75) is 6.04 Å². The van der Waals surface area contributed by atoms with E-state index in [-0.39, 0.29) is 11.9 Å². The Morgan fingerprint density at radius 3 is 2.62 bits per heavy atom. The van der Waals surface area contributed by atoms with Crippen molar-refractivity contribution in [3.05, 3.63) is 78.0 Å². The zero-order valence-electron chi connectivity index (χ0n) is 13.3. The lowest BCUT2D eigenvalue weighted by atomic mass is 10.1. The molecule has 24 heavy (non-hydrogen) atoms. The van der Waals surface area contributed by atoms with Crippen molar-refractivity contribution in [3.8, 4) is 0 Å². The minimum absolute atomic E-state index is 0.187. The third kappa shape index (κ3) is 3.68. The summed E-state index contributed by atoms with van der Waals surface area (Å²) in [7, 11) is -1.02. The van der Waals surface area contributed by atoms with E-state index < -0.39 is 10.8 Å². The number of carbonyl (C=O) groups excluding carboxylic acids is 1. The molecule has 1 amide bonds. The summed E-state index contributed by atoms with van der Waals surface area (Å²) in [5, 5.41) is 3.82. The number of fused-ring (bicyclic) bond motifs is 1. The van der Waals surface area contributed by atoms with Crippen molar-refractivity contribution < 1.29 is 9.00 Å². The molecule has 3 aromatic rings. The maximum Gasteiger partial charge on any atom is 0.252 e. The van der Waals surface area contributed by atoms with Gasteiger partial charge in [0.15, 0.2) is 0 Å². The summed E-state index contributed by atoms with van der Waals surface area (Å²) in [6.45, 7) is 0. The summed E-state index contributed by atoms with van der Waals surface area (Å²) in [5.74, 6) is 0.187. The summed E-state index contributed by atoms with van der Waals surface area (Å²) < 4.78 is 11.7. The number of nitrogens with zero attached hydrogens (tertiary/aromatic N) is 1. The number of pyridine rings is 1. The van der Waals surface area contributed by atoms with Gasteiger partial charge in [-0.3, -0.25) is 14.0 Å². The van der Waals surface area contributed by atoms with Crippen LogP contribution in [-0.4, -0.2) is 27.1 Å². The van der Waals surface area contributed by atoms with E-state index in [0.717, 1.165) is 16.5 Å². The van der Waals surface area contributed by atoms with E-state index >= 15 is 0 Å². The van der Waals surface area contributed by atoms with Gasteiger partial charge in [0.05, 0.1) is 11.6 Å². The van der Waals surface area contributed by atoms with Crippen LogP contribution in [0.3, 0.4) is 0 Å². The van der Waals surface area contributed by atoms with Crippen LogP contribution in [0.5, 0.6) is 0 Å². The zero-order chi connectivity index (χ0) is 16.9. The van der Waals surface area contributed by atoms with Gasteiger partial charge in [-0.25, -0.2) is 0 Å². The lowest BCUT2D eigenvalue weighted by Crippen LogP contribution is -2.32. The molecule has 0 aliphatic rings. The van der Waals surface area contributed by atoms with Crippen molar-refractivity contribution in [1.82, 2.24) is 10.3 Å². The fourth-order valence-corrected chi connectivity index (χ4v) is 3.42. The first-order valence-electron chi connectivity index (χ1n) is 7.65. The minimum atomic E-state index is -1.02. The Kier molecular flexibility index (Phi) is 5.01. The van der Waals surface area contributed by atoms with Gasteiger partial charge in [-0.1, -0.05) is 42.5 Å². The molecule has 5 heteroatoms. The smallest absolute Gasteiger partial charge is 0.252 e. The van der Waals surface area contributed by atoms with Crippen LogP contribution in [0.4, 0.5) is 0 Å². The number of aromatic nitrogens is 1. The van der Waals surface area contributed by atoms with E-state index in [9.17, 15) is 9.00 Å². The summed E-state index contributed by atoms with van der Waals surface area (Å²) in [6, 6.07) is 18.5. The third-order valence-corrected chi connectivity index (χ3v) is 4.60. The van der Waals surface area contributed by atoms with Crippen molar-refractivity contribution in [1.29, 1.82) is 0 Å². The van der Waals surface area contributed by atoms with Gasteiger partial charge in [0, 0.05) is 40.0 Å². The van der Waals surface area contributed by atoms with Gasteiger partial charge >= 0.3 is 0 Å². The van der Waals surface area contributed by atoms with E-state index in [4.69, 9.17) is 0 Å². The van der Waals surface area contributed by atoms with Gasteiger partial charge in [0.1, 0.15) is 0 Å². The molecule has 1 N–H and O–H groups in total. The Labute approximate surface area is 143 Å². The maximum atomic E-state index is 12.8. The van der Waals surface area contributed by atoms with E-state index in [1.807, 2.05) is 54.6 Å². The molecule has 1 aromatic heterocycles. The molecule has 2 aromatic carbocycles. The van der Waals surface area contributed by atoms with E-state index in [2.05, 4.69) is 10.3 Å². The number of amides is 1. The SMILES string of the molecule is C[S@](=O)C[C@H](NC(=O)c1cccc2ncccc12)c1ccccc1. The highest BCUT2D eigenvalue weighted by Crippen LogP contribution is 2.19. The molecule has 0 radical (unpaired) electrons. The molecule has 0 saturated heterocycles. The van der Waals surface area contributed by atoms with Crippen LogP contribution in [-0.2, 0) is 10.8 Å². The van der Waals surface area contributed by atoms with E-state index in [0.29, 0.717) is 11.3 Å². The van der Waals surface area contributed by atoms with Crippen LogP contribution in [0.2, 0.25) is 0 Å². The number of benzene rings is 2. The van der Waals surface area contributed by atoms with Crippen molar-refractivity contribution in [2.24, 2.45) is 0 Å². The first-order chi connectivity index (χ1) is 11.6. The second-order valence-electron chi connectivity index (χ2n) is 5.55. The summed E-state index contributed by atoms with van der Waals surface area (Å²) in [4.78, 5) is 17.1. The second kappa shape index (κ2) is 7.36. The molecule has 0 aliphatic carbocycles. The largest absolute Gasteiger partial charge is 0.344 e. The number of hydrogen-bond acceptors (Lipinski definition) is 3. The maximum absolute atomic E-state index is 12.8. The first kappa shape index (κ1) is 16.3. The Morgan fingerprint density at radius 2 is 1.88 bits per heavy atom. The molecular formula is C19H18N2O2S. The highest BCUT2D eigenvalue weighted by Gasteiger charge is 2.18. The molecule has 0 fully saturated rings. The molecule has 4 nitrogen and oxygen atoms in total. The Morgan fingerprint density at radius 1 is 1.08 bits per heavy atom. The topological polar surface area (TPSA) is 59.1 Å². The number of carbonyl (C=O) groups is 1. The second-order valence-corrected chi connectivity index (χ2v) is 7.03. The molecule has 1 heterocycles. The third-order valence-electron chi connectivity index (χ3n) is 3.80. The van der Waals surface area contributed by atoms with Crippen molar-refractivity contribution in [3.63, 3.8) is 0 Å². The molecule has 2 atom stereocenters. The molecule has 0 saturated carbocycles. The molecule has 0 unspecified atom stereocenters. The summed E-state index contributed by atoms with van der Waals surface area (Å²) in [5.41, 5.74) is 2.29. The molecule has 0 aliphatic heterocycles. The van der Waals surface area contributed by atoms with Gasteiger partial charge in [-0.15, -0.1) is 0 Å². The van der Waals surface area contributed by atoms with Gasteiger partial charge < -0.3 is 5.32 Å². The summed E-state index contributed by atoms with van der Waals surface area (Å²) in [6.07, 6.45) is 3.35. The van der Waals surface area contributed by atoms with Crippen LogP contribution >= 0.6 is 0 Å². The molecule has 0 spiro atoms. The van der Waals surface area contributed by atoms with E-state index in [1.54, 1.807) is 18.5 Å². The monoisotopic (exact) mass is 338 g/mol. The quantitative estimate of drug-likeness (QED) is 0.778. The normalized spacial score (nSPS) is 13.4. The lowest BCUT2D eigenvalue weighted by Gasteiger charge is -2.18. The van der Waals surface area contributed by atoms with Gasteiger partial charge in [-0.2, -0.15) is 0 Å². The Balaban J connectivity index is 1.91.